The van der Waals surface area contributed by atoms with E-state index in [2.05, 4.69) is 30.8 Å². The largest absolute Gasteiger partial charge is 0.0973 e. The van der Waals surface area contributed by atoms with Crippen molar-refractivity contribution in [3.05, 3.63) is 10.4 Å². The molecule has 0 unspecified atom stereocenters. The van der Waals surface area contributed by atoms with E-state index in [1.165, 1.54) is 19.9 Å². The summed E-state index contributed by atoms with van der Waals surface area (Å²) in [5.74, 6) is 0.898. The van der Waals surface area contributed by atoms with Gasteiger partial charge in [0.15, 0.2) is 0 Å². The lowest BCUT2D eigenvalue weighted by atomic mass is 10.1. The highest BCUT2D eigenvalue weighted by Gasteiger charge is 1.85. The van der Waals surface area contributed by atoms with Gasteiger partial charge in [0, 0.05) is 12.0 Å². The van der Waals surface area contributed by atoms with Crippen molar-refractivity contribution >= 4 is 0 Å². The molecule has 0 aromatic rings. The van der Waals surface area contributed by atoms with Gasteiger partial charge in [-0.25, -0.2) is 0 Å². The first-order valence-corrected chi connectivity index (χ1v) is 3.62. The Hall–Kier alpha value is -0.690. The van der Waals surface area contributed by atoms with Crippen molar-refractivity contribution in [3.8, 4) is 0 Å². The van der Waals surface area contributed by atoms with Gasteiger partial charge in [0.25, 0.3) is 0 Å². The zero-order chi connectivity index (χ0) is 8.41. The summed E-state index contributed by atoms with van der Waals surface area (Å²) >= 11 is 0. The summed E-state index contributed by atoms with van der Waals surface area (Å²) in [5.41, 5.74) is 7.33. The second-order valence-corrected chi connectivity index (χ2v) is 2.47. The third kappa shape index (κ3) is 26.6. The number of rotatable bonds is 2. The Kier molecular flexibility index (Phi) is 13.4. The van der Waals surface area contributed by atoms with Gasteiger partial charge < -0.3 is 0 Å². The Morgan fingerprint density at radius 1 is 1.50 bits per heavy atom. The third-order valence-electron chi connectivity index (χ3n) is 0.955. The molecule has 10 heavy (non-hydrogen) atoms. The molecule has 3 heteroatoms. The monoisotopic (exact) mass is 143 g/mol. The standard InChI is InChI=1S/C6H14.CH3N3/c1-4-5-6(2)3;1-3-4-2/h6H,4-5H2,1-3H3;1H3. The molecule has 0 aliphatic heterocycles. The Morgan fingerprint density at radius 2 is 1.90 bits per heavy atom. The second-order valence-electron chi connectivity index (χ2n) is 2.47. The van der Waals surface area contributed by atoms with Crippen LogP contribution < -0.4 is 0 Å². The highest BCUT2D eigenvalue weighted by molar-refractivity contribution is 4.38. The van der Waals surface area contributed by atoms with Gasteiger partial charge in [-0.2, -0.15) is 0 Å². The Labute approximate surface area is 63.1 Å². The maximum atomic E-state index is 7.33. The summed E-state index contributed by atoms with van der Waals surface area (Å²) in [6.45, 7) is 6.73. The van der Waals surface area contributed by atoms with Gasteiger partial charge in [0.05, 0.1) is 0 Å². The van der Waals surface area contributed by atoms with E-state index >= 15 is 0 Å². The zero-order valence-electron chi connectivity index (χ0n) is 7.33. The predicted molar refractivity (Wildman–Crippen MR) is 44.8 cm³/mol. The van der Waals surface area contributed by atoms with Crippen LogP contribution in [0.15, 0.2) is 5.11 Å². The summed E-state index contributed by atoms with van der Waals surface area (Å²) in [4.78, 5) is 2.36. The molecule has 0 aliphatic carbocycles. The molecule has 3 nitrogen and oxygen atoms in total. The average molecular weight is 143 g/mol. The molecule has 0 fully saturated rings. The minimum Gasteiger partial charge on any atom is -0.0973 e. The van der Waals surface area contributed by atoms with Crippen LogP contribution in [-0.2, 0) is 0 Å². The van der Waals surface area contributed by atoms with Crippen LogP contribution in [0.5, 0.6) is 0 Å². The van der Waals surface area contributed by atoms with Crippen molar-refractivity contribution in [2.75, 3.05) is 7.05 Å². The van der Waals surface area contributed by atoms with E-state index < -0.39 is 0 Å². The summed E-state index contributed by atoms with van der Waals surface area (Å²) in [5, 5.41) is 2.92. The number of hydrogen-bond donors (Lipinski definition) is 0. The topological polar surface area (TPSA) is 48.8 Å². The molecule has 0 saturated heterocycles. The summed E-state index contributed by atoms with van der Waals surface area (Å²) in [6.07, 6.45) is 2.71. The number of hydrogen-bond acceptors (Lipinski definition) is 1. The number of azide groups is 1. The summed E-state index contributed by atoms with van der Waals surface area (Å²) in [7, 11) is 1.39. The van der Waals surface area contributed by atoms with Crippen LogP contribution >= 0.6 is 0 Å². The van der Waals surface area contributed by atoms with Gasteiger partial charge in [-0.15, -0.1) is 0 Å². The van der Waals surface area contributed by atoms with Crippen molar-refractivity contribution in [3.63, 3.8) is 0 Å². The molecule has 0 saturated carbocycles. The SMILES string of the molecule is CCCC(C)C.CN=[N+]=[N-]. The van der Waals surface area contributed by atoms with Crippen LogP contribution in [0.1, 0.15) is 33.6 Å². The van der Waals surface area contributed by atoms with E-state index in [9.17, 15) is 0 Å². The smallest absolute Gasteiger partial charge is 0.0139 e. The average Bonchev–Trinajstić information content (AvgIpc) is 1.89. The van der Waals surface area contributed by atoms with Crippen LogP contribution in [0.25, 0.3) is 10.4 Å². The molecular weight excluding hydrogens is 126 g/mol. The van der Waals surface area contributed by atoms with Crippen molar-refractivity contribution in [2.24, 2.45) is 11.0 Å². The van der Waals surface area contributed by atoms with Crippen LogP contribution in [0.4, 0.5) is 0 Å². The third-order valence-corrected chi connectivity index (χ3v) is 0.955. The molecule has 0 rings (SSSR count). The van der Waals surface area contributed by atoms with Gasteiger partial charge >= 0.3 is 0 Å². The molecule has 0 bridgehead atoms. The molecule has 0 aromatic heterocycles. The Morgan fingerprint density at radius 3 is 1.90 bits per heavy atom. The fourth-order valence-corrected chi connectivity index (χ4v) is 0.577. The fraction of sp³-hybridized carbons (Fsp3) is 1.00. The first kappa shape index (κ1) is 12.0. The van der Waals surface area contributed by atoms with Gasteiger partial charge in [-0.1, -0.05) is 38.7 Å². The van der Waals surface area contributed by atoms with Gasteiger partial charge in [-0.3, -0.25) is 0 Å². The molecule has 0 aromatic carbocycles. The Bertz CT molecular complexity index is 93.0. The minimum absolute atomic E-state index is 0.898. The number of nitrogens with zero attached hydrogens (tertiary/aromatic N) is 3. The van der Waals surface area contributed by atoms with E-state index in [0.717, 1.165) is 5.92 Å². The predicted octanol–water partition coefficient (Wildman–Crippen LogP) is 3.37. The van der Waals surface area contributed by atoms with Crippen LogP contribution in [0.3, 0.4) is 0 Å². The van der Waals surface area contributed by atoms with E-state index in [1.807, 2.05) is 0 Å². The molecule has 0 heterocycles. The van der Waals surface area contributed by atoms with E-state index in [4.69, 9.17) is 5.53 Å². The fourth-order valence-electron chi connectivity index (χ4n) is 0.577. The lowest BCUT2D eigenvalue weighted by Crippen LogP contribution is -1.81. The quantitative estimate of drug-likeness (QED) is 0.323. The van der Waals surface area contributed by atoms with Crippen molar-refractivity contribution < 1.29 is 0 Å². The maximum absolute atomic E-state index is 7.33. The lowest BCUT2D eigenvalue weighted by Gasteiger charge is -1.95. The molecule has 0 amide bonds. The molecule has 0 atom stereocenters. The summed E-state index contributed by atoms with van der Waals surface area (Å²) in [6, 6.07) is 0. The molecule has 0 N–H and O–H groups in total. The molecule has 0 aliphatic rings. The Balaban J connectivity index is 0. The zero-order valence-corrected chi connectivity index (χ0v) is 7.33. The first-order chi connectivity index (χ1) is 4.68. The molecular formula is C7H17N3. The normalized spacial score (nSPS) is 7.70. The van der Waals surface area contributed by atoms with Crippen LogP contribution in [-0.4, -0.2) is 7.05 Å². The minimum atomic E-state index is 0.898. The molecule has 0 radical (unpaired) electrons. The van der Waals surface area contributed by atoms with Gasteiger partial charge in [0.1, 0.15) is 0 Å². The van der Waals surface area contributed by atoms with E-state index in [0.29, 0.717) is 0 Å². The second kappa shape index (κ2) is 11.2. The first-order valence-electron chi connectivity index (χ1n) is 3.62. The van der Waals surface area contributed by atoms with Gasteiger partial charge in [0.2, 0.25) is 0 Å². The van der Waals surface area contributed by atoms with Crippen molar-refractivity contribution in [1.29, 1.82) is 0 Å². The van der Waals surface area contributed by atoms with Crippen LogP contribution in [0, 0.1) is 5.92 Å². The van der Waals surface area contributed by atoms with Crippen molar-refractivity contribution in [2.45, 2.75) is 33.6 Å². The maximum Gasteiger partial charge on any atom is 0.0139 e. The highest BCUT2D eigenvalue weighted by Crippen LogP contribution is 2.00. The molecule has 0 spiro atoms. The van der Waals surface area contributed by atoms with E-state index in [1.54, 1.807) is 0 Å². The van der Waals surface area contributed by atoms with Crippen LogP contribution in [0.2, 0.25) is 0 Å². The van der Waals surface area contributed by atoms with Gasteiger partial charge in [-0.05, 0) is 11.4 Å². The highest BCUT2D eigenvalue weighted by atomic mass is 15.1. The van der Waals surface area contributed by atoms with E-state index in [-0.39, 0.29) is 0 Å². The molecule has 60 valence electrons. The summed E-state index contributed by atoms with van der Waals surface area (Å²) < 4.78 is 0. The van der Waals surface area contributed by atoms with Crippen molar-refractivity contribution in [1.82, 2.24) is 0 Å². The lowest BCUT2D eigenvalue weighted by molar-refractivity contribution is 0.576.